The second-order valence-corrected chi connectivity index (χ2v) is 41.2. The predicted octanol–water partition coefficient (Wildman–Crippen LogP) is 34.4. The largest absolute Gasteiger partial charge is 0.310 e. The number of benzene rings is 20. The van der Waals surface area contributed by atoms with Gasteiger partial charge in [-0.2, -0.15) is 0 Å². The minimum Gasteiger partial charge on any atom is -0.310 e. The first kappa shape index (κ1) is 80.1. The lowest BCUT2D eigenvalue weighted by Crippen LogP contribution is -2.33. The summed E-state index contributed by atoms with van der Waals surface area (Å²) in [6.45, 7) is 19.2. The number of hydrogen-bond donors (Lipinski definition) is 0. The first-order chi connectivity index (χ1) is 67.5. The number of nitrogens with zero attached hydrogens (tertiary/aromatic N) is 4. The number of para-hydroxylation sites is 8. The number of aromatic nitrogens is 2. The van der Waals surface area contributed by atoms with Gasteiger partial charge in [-0.25, -0.2) is 0 Å². The summed E-state index contributed by atoms with van der Waals surface area (Å²) in [5, 5.41) is 5.04. The van der Waals surface area contributed by atoms with Gasteiger partial charge in [0, 0.05) is 77.1 Å². The summed E-state index contributed by atoms with van der Waals surface area (Å²) in [6, 6.07) is 172. The summed E-state index contributed by atoms with van der Waals surface area (Å²) < 4.78 is 5.12. The molecule has 4 nitrogen and oxygen atoms in total. The molecule has 0 saturated heterocycles. The van der Waals surface area contributed by atoms with Crippen molar-refractivity contribution in [1.29, 1.82) is 0 Å². The fourth-order valence-corrected chi connectivity index (χ4v) is 26.5. The number of fused-ring (bicyclic) bond motifs is 30. The van der Waals surface area contributed by atoms with Crippen LogP contribution < -0.4 is 9.80 Å². The Morgan fingerprint density at radius 3 is 1.11 bits per heavy atom. The molecule has 6 aliphatic rings. The van der Waals surface area contributed by atoms with Gasteiger partial charge in [0.15, 0.2) is 0 Å². The smallest absolute Gasteiger partial charge is 0.0755 e. The highest BCUT2D eigenvalue weighted by Crippen LogP contribution is 2.66. The van der Waals surface area contributed by atoms with Crippen molar-refractivity contribution in [2.75, 3.05) is 9.80 Å². The summed E-state index contributed by atoms with van der Waals surface area (Å²) in [5.74, 6) is 0. The van der Waals surface area contributed by atoms with E-state index in [0.717, 1.165) is 50.8 Å². The lowest BCUT2D eigenvalue weighted by Gasteiger charge is -2.40. The van der Waals surface area contributed by atoms with Gasteiger partial charge < -0.3 is 18.9 Å². The van der Waals surface area contributed by atoms with Crippen LogP contribution in [0.2, 0.25) is 0 Å². The highest BCUT2D eigenvalue weighted by molar-refractivity contribution is 6.15. The molecule has 22 aromatic rings. The predicted molar refractivity (Wildman–Crippen MR) is 575 cm³/mol. The van der Waals surface area contributed by atoms with Gasteiger partial charge >= 0.3 is 0 Å². The van der Waals surface area contributed by atoms with Crippen molar-refractivity contribution in [3.8, 4) is 89.3 Å². The van der Waals surface area contributed by atoms with Gasteiger partial charge in [-0.1, -0.05) is 413 Å². The molecular weight excluding hydrogens is 1670 g/mol. The third-order valence-electron chi connectivity index (χ3n) is 33.1. The Balaban J connectivity index is 0.582. The molecule has 654 valence electrons. The molecule has 4 heterocycles. The Morgan fingerprint density at radius 1 is 0.203 bits per heavy atom. The maximum absolute atomic E-state index is 2.60. The van der Waals surface area contributed by atoms with Gasteiger partial charge in [0.25, 0.3) is 0 Å². The summed E-state index contributed by atoms with van der Waals surface area (Å²) in [6.07, 6.45) is 0. The Hall–Kier alpha value is -16.4. The molecule has 28 rings (SSSR count). The van der Waals surface area contributed by atoms with E-state index in [4.69, 9.17) is 0 Å². The van der Waals surface area contributed by atoms with Crippen molar-refractivity contribution in [3.63, 3.8) is 0 Å². The summed E-state index contributed by atoms with van der Waals surface area (Å²) in [7, 11) is 0. The van der Waals surface area contributed by atoms with E-state index >= 15 is 0 Å². The highest BCUT2D eigenvalue weighted by Gasteiger charge is 2.54. The normalized spacial score (nSPS) is 15.9. The molecule has 0 amide bonds. The average Bonchev–Trinajstić information content (AvgIpc) is 1.50. The summed E-state index contributed by atoms with van der Waals surface area (Å²) in [5.41, 5.74) is 49.2. The van der Waals surface area contributed by atoms with E-state index in [9.17, 15) is 0 Å². The molecule has 0 N–H and O–H groups in total. The van der Waals surface area contributed by atoms with Gasteiger partial charge in [-0.15, -0.1) is 0 Å². The second kappa shape index (κ2) is 29.1. The van der Waals surface area contributed by atoms with E-state index < -0.39 is 16.2 Å². The van der Waals surface area contributed by atoms with Crippen molar-refractivity contribution >= 4 is 77.7 Å². The van der Waals surface area contributed by atoms with Crippen LogP contribution >= 0.6 is 0 Å². The molecule has 2 aromatic heterocycles. The lowest BCUT2D eigenvalue weighted by molar-refractivity contribution is 0.641. The van der Waals surface area contributed by atoms with Crippen molar-refractivity contribution in [2.24, 2.45) is 0 Å². The Morgan fingerprint density at radius 2 is 0.565 bits per heavy atom. The topological polar surface area (TPSA) is 16.3 Å². The third-order valence-corrected chi connectivity index (χ3v) is 33.1. The van der Waals surface area contributed by atoms with Crippen LogP contribution in [0.25, 0.3) is 133 Å². The second-order valence-electron chi connectivity index (χ2n) is 41.2. The standard InChI is InChI=1S/C134H98N4/c1-129(2,88-38-32-35-85(77-88)93-39-16-26-57-121(93)135(89-68-72-98-94-40-12-21-50-109(94)131(5,6)117(98)79-89)91-70-74-100-96-42-15-23-52-111(96)133(119(100)81-91)113-53-24-30-61-125(113)137-123-59-28-18-45-103(123)105-47-33-55-115(133)127(105)137)87-66-63-83(64-67-87)84-65-76-112-107(78-84)101-75-71-92(82-120(101)134(112)114-54-25-31-62-126(114)138-124-60-29-19-46-104(124)106-48-34-56-116(134)128(106)138)136(90-69-73-99-95-41-13-22-51-110(95)132(7,8)118(99)80-90)122-58-27-17-44-102(122)97-43-14-20-49-108(97)130(3,4)86-36-10-9-11-37-86/h9-82H,1-8H3. The van der Waals surface area contributed by atoms with Gasteiger partial charge in [-0.3, -0.25) is 0 Å². The molecule has 2 aliphatic heterocycles. The maximum Gasteiger partial charge on any atom is 0.0755 e. The van der Waals surface area contributed by atoms with Crippen LogP contribution in [-0.2, 0) is 32.5 Å². The number of hydrogen-bond acceptors (Lipinski definition) is 2. The third kappa shape index (κ3) is 10.8. The van der Waals surface area contributed by atoms with Crippen molar-refractivity contribution in [2.45, 2.75) is 87.9 Å². The van der Waals surface area contributed by atoms with Gasteiger partial charge in [0.2, 0.25) is 0 Å². The zero-order chi connectivity index (χ0) is 92.2. The molecule has 2 atom stereocenters. The molecule has 20 aromatic carbocycles. The van der Waals surface area contributed by atoms with E-state index in [1.165, 1.54) is 205 Å². The number of rotatable bonds is 13. The van der Waals surface area contributed by atoms with Crippen LogP contribution in [0.1, 0.15) is 144 Å². The lowest BCUT2D eigenvalue weighted by atomic mass is 9.65. The van der Waals surface area contributed by atoms with Crippen LogP contribution in [-0.4, -0.2) is 9.13 Å². The molecule has 4 heteroatoms. The van der Waals surface area contributed by atoms with Crippen LogP contribution in [0.4, 0.5) is 34.1 Å². The average molecular weight is 1760 g/mol. The van der Waals surface area contributed by atoms with Crippen molar-refractivity contribution in [3.05, 3.63) is 538 Å². The first-order valence-corrected chi connectivity index (χ1v) is 48.9. The van der Waals surface area contributed by atoms with E-state index in [2.05, 4.69) is 523 Å². The van der Waals surface area contributed by atoms with Gasteiger partial charge in [0.05, 0.1) is 55.6 Å². The van der Waals surface area contributed by atoms with E-state index in [1.54, 1.807) is 0 Å². The highest BCUT2D eigenvalue weighted by atomic mass is 15.2. The first-order valence-electron chi connectivity index (χ1n) is 48.9. The van der Waals surface area contributed by atoms with E-state index in [1.807, 2.05) is 0 Å². The monoisotopic (exact) mass is 1760 g/mol. The van der Waals surface area contributed by atoms with Crippen LogP contribution in [0.15, 0.2) is 449 Å². The quantitative estimate of drug-likeness (QED) is 0.114. The van der Waals surface area contributed by atoms with Crippen LogP contribution in [0.3, 0.4) is 0 Å². The van der Waals surface area contributed by atoms with Crippen molar-refractivity contribution in [1.82, 2.24) is 9.13 Å². The Labute approximate surface area is 806 Å². The molecule has 0 radical (unpaired) electrons. The minimum atomic E-state index is -0.757. The van der Waals surface area contributed by atoms with Gasteiger partial charge in [-0.05, 0) is 247 Å². The van der Waals surface area contributed by atoms with Crippen LogP contribution in [0.5, 0.6) is 0 Å². The van der Waals surface area contributed by atoms with Gasteiger partial charge in [0.1, 0.15) is 0 Å². The fourth-order valence-electron chi connectivity index (χ4n) is 26.5. The van der Waals surface area contributed by atoms with E-state index in [0.29, 0.717) is 0 Å². The molecule has 4 aliphatic carbocycles. The molecule has 2 spiro atoms. The molecule has 0 fully saturated rings. The van der Waals surface area contributed by atoms with E-state index in [-0.39, 0.29) is 16.2 Å². The molecule has 2 unspecified atom stereocenters. The zero-order valence-electron chi connectivity index (χ0n) is 78.5. The molecule has 138 heavy (non-hydrogen) atoms. The molecule has 0 bridgehead atoms. The molecule has 0 saturated carbocycles. The fraction of sp³-hybridized carbons (Fsp3) is 0.104. The Bertz CT molecular complexity index is 8990. The summed E-state index contributed by atoms with van der Waals surface area (Å²) in [4.78, 5) is 5.17. The Kier molecular flexibility index (Phi) is 16.9. The molecular formula is C134H98N4. The minimum absolute atomic E-state index is 0.240. The maximum atomic E-state index is 2.60. The summed E-state index contributed by atoms with van der Waals surface area (Å²) >= 11 is 0. The SMILES string of the molecule is CC(C)(c1ccc(-c2ccc3c(c2)-c2ccc(N(c4ccc5c(c4)C(C)(C)c4ccccc4-5)c4ccccc4-c4ccccc4C(C)(C)c4ccccc4)cc2C32c3ccccc3-n3c4ccccc4c4cccc2c43)cc1)c1cccc(-c2ccccc2N(c2ccc3c(c2)C(C)(C)c2ccccc2-3)c2ccc3c(c2)C2(c4ccccc4-3)c3ccccc3-n3c4ccccc4c4cccc2c43)c1. The van der Waals surface area contributed by atoms with Crippen LogP contribution in [0, 0.1) is 0 Å². The zero-order valence-corrected chi connectivity index (χ0v) is 78.5. The van der Waals surface area contributed by atoms with Crippen molar-refractivity contribution < 1.29 is 0 Å². The number of anilines is 6.